The number of aliphatic hydroxyl groups is 1. The van der Waals surface area contributed by atoms with Crippen molar-refractivity contribution in [3.63, 3.8) is 0 Å². The van der Waals surface area contributed by atoms with Gasteiger partial charge in [-0.1, -0.05) is 13.3 Å². The molecule has 120 valence electrons. The Bertz CT molecular complexity index is 376. The molecular weight excluding hydrogens is 270 g/mol. The average Bonchev–Trinajstić information content (AvgIpc) is 2.91. The number of carbonyl (C=O) groups is 2. The van der Waals surface area contributed by atoms with E-state index in [1.807, 2.05) is 0 Å². The van der Waals surface area contributed by atoms with Crippen molar-refractivity contribution in [3.05, 3.63) is 0 Å². The lowest BCUT2D eigenvalue weighted by atomic mass is 9.87. The standard InChI is InChI=1S/C16H27NO4/c1-2-10-7-13(14(8-10)16(20)21)15(19)17-9-11-3-5-12(18)6-4-11/h10-14,18H,2-9H2,1H3,(H,17,19)(H,20,21). The highest BCUT2D eigenvalue weighted by Crippen LogP contribution is 2.38. The van der Waals surface area contributed by atoms with Crippen LogP contribution in [0.3, 0.4) is 0 Å². The van der Waals surface area contributed by atoms with Gasteiger partial charge in [-0.3, -0.25) is 9.59 Å². The molecule has 0 aromatic heterocycles. The van der Waals surface area contributed by atoms with Crippen molar-refractivity contribution in [2.75, 3.05) is 6.54 Å². The highest BCUT2D eigenvalue weighted by atomic mass is 16.4. The van der Waals surface area contributed by atoms with Gasteiger partial charge >= 0.3 is 5.97 Å². The third kappa shape index (κ3) is 4.19. The van der Waals surface area contributed by atoms with Gasteiger partial charge in [-0.05, 0) is 50.4 Å². The number of aliphatic hydroxyl groups excluding tert-OH is 1. The molecule has 2 rings (SSSR count). The van der Waals surface area contributed by atoms with Crippen LogP contribution in [-0.4, -0.2) is 34.7 Å². The number of nitrogens with one attached hydrogen (secondary N) is 1. The summed E-state index contributed by atoms with van der Waals surface area (Å²) in [5, 5.41) is 21.7. The Morgan fingerprint density at radius 2 is 1.67 bits per heavy atom. The summed E-state index contributed by atoms with van der Waals surface area (Å²) in [4.78, 5) is 23.6. The van der Waals surface area contributed by atoms with E-state index in [1.54, 1.807) is 0 Å². The Kier molecular flexibility index (Phi) is 5.62. The molecule has 0 aromatic rings. The number of rotatable bonds is 5. The Morgan fingerprint density at radius 1 is 1.05 bits per heavy atom. The maximum absolute atomic E-state index is 12.3. The summed E-state index contributed by atoms with van der Waals surface area (Å²) >= 11 is 0. The van der Waals surface area contributed by atoms with Crippen molar-refractivity contribution >= 4 is 11.9 Å². The number of aliphatic carboxylic acids is 1. The smallest absolute Gasteiger partial charge is 0.307 e. The molecule has 5 heteroatoms. The zero-order valence-corrected chi connectivity index (χ0v) is 12.8. The Hall–Kier alpha value is -1.10. The van der Waals surface area contributed by atoms with Gasteiger partial charge in [-0.15, -0.1) is 0 Å². The zero-order valence-electron chi connectivity index (χ0n) is 12.8. The Morgan fingerprint density at radius 3 is 2.24 bits per heavy atom. The van der Waals surface area contributed by atoms with Gasteiger partial charge in [0.2, 0.25) is 5.91 Å². The first kappa shape index (κ1) is 16.3. The van der Waals surface area contributed by atoms with Gasteiger partial charge in [0.1, 0.15) is 0 Å². The molecule has 2 aliphatic rings. The van der Waals surface area contributed by atoms with E-state index in [-0.39, 0.29) is 17.9 Å². The summed E-state index contributed by atoms with van der Waals surface area (Å²) in [5.74, 6) is -1.06. The summed E-state index contributed by atoms with van der Waals surface area (Å²) in [6.45, 7) is 2.67. The first-order valence-corrected chi connectivity index (χ1v) is 8.19. The van der Waals surface area contributed by atoms with Crippen LogP contribution in [0.1, 0.15) is 51.9 Å². The second kappa shape index (κ2) is 7.25. The van der Waals surface area contributed by atoms with Crippen LogP contribution in [0.5, 0.6) is 0 Å². The van der Waals surface area contributed by atoms with E-state index in [2.05, 4.69) is 12.2 Å². The molecule has 3 N–H and O–H groups in total. The zero-order chi connectivity index (χ0) is 15.4. The number of hydrogen-bond donors (Lipinski definition) is 3. The van der Waals surface area contributed by atoms with Crippen molar-refractivity contribution in [1.82, 2.24) is 5.32 Å². The molecule has 2 aliphatic carbocycles. The first-order chi connectivity index (χ1) is 10.0. The summed E-state index contributed by atoms with van der Waals surface area (Å²) in [5.41, 5.74) is 0. The van der Waals surface area contributed by atoms with Gasteiger partial charge in [0.15, 0.2) is 0 Å². The molecule has 0 radical (unpaired) electrons. The van der Waals surface area contributed by atoms with Crippen molar-refractivity contribution in [1.29, 1.82) is 0 Å². The van der Waals surface area contributed by atoms with E-state index < -0.39 is 11.9 Å². The van der Waals surface area contributed by atoms with Crippen LogP contribution < -0.4 is 5.32 Å². The summed E-state index contributed by atoms with van der Waals surface area (Å²) in [6.07, 6.45) is 5.56. The number of hydrogen-bond acceptors (Lipinski definition) is 3. The Labute approximate surface area is 126 Å². The SMILES string of the molecule is CCC1CC(C(=O)O)C(C(=O)NCC2CCC(O)CC2)C1. The van der Waals surface area contributed by atoms with Crippen molar-refractivity contribution in [2.24, 2.45) is 23.7 Å². The van der Waals surface area contributed by atoms with Gasteiger partial charge in [0, 0.05) is 6.54 Å². The molecule has 21 heavy (non-hydrogen) atoms. The third-order valence-electron chi connectivity index (χ3n) is 5.27. The molecule has 3 unspecified atom stereocenters. The lowest BCUT2D eigenvalue weighted by molar-refractivity contribution is -0.146. The number of carbonyl (C=O) groups excluding carboxylic acids is 1. The van der Waals surface area contributed by atoms with Crippen molar-refractivity contribution < 1.29 is 19.8 Å². The molecule has 0 spiro atoms. The largest absolute Gasteiger partial charge is 0.481 e. The molecule has 1 amide bonds. The van der Waals surface area contributed by atoms with Crippen LogP contribution in [0, 0.1) is 23.7 Å². The molecule has 2 saturated carbocycles. The molecular formula is C16H27NO4. The lowest BCUT2D eigenvalue weighted by Crippen LogP contribution is -2.38. The average molecular weight is 297 g/mol. The second-order valence-corrected chi connectivity index (χ2v) is 6.72. The van der Waals surface area contributed by atoms with Gasteiger partial charge < -0.3 is 15.5 Å². The van der Waals surface area contributed by atoms with Crippen LogP contribution in [0.4, 0.5) is 0 Å². The molecule has 0 saturated heterocycles. The summed E-state index contributed by atoms with van der Waals surface area (Å²) in [6, 6.07) is 0. The van der Waals surface area contributed by atoms with Crippen LogP contribution in [0.2, 0.25) is 0 Å². The van der Waals surface area contributed by atoms with Gasteiger partial charge in [-0.25, -0.2) is 0 Å². The van der Waals surface area contributed by atoms with E-state index in [1.165, 1.54) is 0 Å². The lowest BCUT2D eigenvalue weighted by Gasteiger charge is -2.26. The number of amides is 1. The van der Waals surface area contributed by atoms with E-state index in [0.717, 1.165) is 32.1 Å². The van der Waals surface area contributed by atoms with E-state index in [9.17, 15) is 19.8 Å². The van der Waals surface area contributed by atoms with Crippen molar-refractivity contribution in [3.8, 4) is 0 Å². The predicted octanol–water partition coefficient (Wildman–Crippen LogP) is 1.79. The fourth-order valence-electron chi connectivity index (χ4n) is 3.76. The quantitative estimate of drug-likeness (QED) is 0.722. The maximum atomic E-state index is 12.3. The number of carboxylic acids is 1. The van der Waals surface area contributed by atoms with E-state index in [4.69, 9.17) is 0 Å². The van der Waals surface area contributed by atoms with Crippen molar-refractivity contribution in [2.45, 2.75) is 58.0 Å². The fraction of sp³-hybridized carbons (Fsp3) is 0.875. The van der Waals surface area contributed by atoms with Gasteiger partial charge in [0.05, 0.1) is 17.9 Å². The molecule has 3 atom stereocenters. The number of carboxylic acid groups (broad SMARTS) is 1. The summed E-state index contributed by atoms with van der Waals surface area (Å²) < 4.78 is 0. The first-order valence-electron chi connectivity index (χ1n) is 8.19. The van der Waals surface area contributed by atoms with Crippen LogP contribution in [0.15, 0.2) is 0 Å². The van der Waals surface area contributed by atoms with Crippen LogP contribution >= 0.6 is 0 Å². The minimum atomic E-state index is -0.841. The minimum absolute atomic E-state index is 0.0931. The van der Waals surface area contributed by atoms with Crippen LogP contribution in [0.25, 0.3) is 0 Å². The highest BCUT2D eigenvalue weighted by molar-refractivity contribution is 5.85. The predicted molar refractivity (Wildman–Crippen MR) is 78.6 cm³/mol. The molecule has 2 fully saturated rings. The summed E-state index contributed by atoms with van der Waals surface area (Å²) in [7, 11) is 0. The highest BCUT2D eigenvalue weighted by Gasteiger charge is 2.42. The van der Waals surface area contributed by atoms with Crippen LogP contribution in [-0.2, 0) is 9.59 Å². The monoisotopic (exact) mass is 297 g/mol. The van der Waals surface area contributed by atoms with Gasteiger partial charge in [0.25, 0.3) is 0 Å². The molecule has 5 nitrogen and oxygen atoms in total. The minimum Gasteiger partial charge on any atom is -0.481 e. The fourth-order valence-corrected chi connectivity index (χ4v) is 3.76. The molecule has 0 bridgehead atoms. The maximum Gasteiger partial charge on any atom is 0.307 e. The topological polar surface area (TPSA) is 86.6 Å². The molecule has 0 aliphatic heterocycles. The normalized spacial score (nSPS) is 36.4. The third-order valence-corrected chi connectivity index (χ3v) is 5.27. The Balaban J connectivity index is 1.83. The van der Waals surface area contributed by atoms with E-state index in [0.29, 0.717) is 31.2 Å². The van der Waals surface area contributed by atoms with E-state index >= 15 is 0 Å². The molecule has 0 heterocycles. The molecule has 0 aromatic carbocycles. The van der Waals surface area contributed by atoms with Gasteiger partial charge in [-0.2, -0.15) is 0 Å². The second-order valence-electron chi connectivity index (χ2n) is 6.72.